The van der Waals surface area contributed by atoms with Crippen LogP contribution in [0.5, 0.6) is 11.5 Å². The lowest BCUT2D eigenvalue weighted by molar-refractivity contribution is 0.141. The van der Waals surface area contributed by atoms with E-state index in [1.807, 2.05) is 12.1 Å². The van der Waals surface area contributed by atoms with Crippen LogP contribution in [-0.2, 0) is 0 Å². The maximum atomic E-state index is 13.5. The third-order valence-electron chi connectivity index (χ3n) is 6.58. The Bertz CT molecular complexity index is 1160. The number of likely N-dealkylation sites (tertiary alicyclic amines) is 2. The molecule has 7 nitrogen and oxygen atoms in total. The first-order valence-electron chi connectivity index (χ1n) is 11.1. The molecule has 1 aromatic heterocycles. The Kier molecular flexibility index (Phi) is 6.23. The summed E-state index contributed by atoms with van der Waals surface area (Å²) < 4.78 is 25.2. The summed E-state index contributed by atoms with van der Waals surface area (Å²) in [6.45, 7) is 3.95. The number of likely N-dealkylation sites (N-methyl/N-ethyl adjacent to an activating group) is 1. The van der Waals surface area contributed by atoms with Gasteiger partial charge >= 0.3 is 0 Å². The van der Waals surface area contributed by atoms with Gasteiger partial charge in [-0.25, -0.2) is 14.4 Å². The van der Waals surface area contributed by atoms with Crippen molar-refractivity contribution in [1.29, 1.82) is 0 Å². The molecule has 1 N–H and O–H groups in total. The summed E-state index contributed by atoms with van der Waals surface area (Å²) in [7, 11) is 3.83. The molecular weight excluding hydrogens is 445 g/mol. The minimum absolute atomic E-state index is 0.0434. The Morgan fingerprint density at radius 2 is 2.03 bits per heavy atom. The first kappa shape index (κ1) is 22.1. The highest BCUT2D eigenvalue weighted by atomic mass is 35.5. The molecule has 2 fully saturated rings. The summed E-state index contributed by atoms with van der Waals surface area (Å²) in [4.78, 5) is 13.8. The van der Waals surface area contributed by atoms with Gasteiger partial charge in [0, 0.05) is 48.9 Å². The van der Waals surface area contributed by atoms with E-state index < -0.39 is 5.82 Å². The number of nitrogens with zero attached hydrogens (tertiary/aromatic N) is 4. The Balaban J connectivity index is 1.29. The normalized spacial score (nSPS) is 20.5. The molecule has 0 saturated carbocycles. The maximum Gasteiger partial charge on any atom is 0.162 e. The number of nitrogens with one attached hydrogen (secondary N) is 1. The maximum absolute atomic E-state index is 13.5. The Morgan fingerprint density at radius 1 is 1.15 bits per heavy atom. The summed E-state index contributed by atoms with van der Waals surface area (Å²) in [5, 5.41) is 4.01. The van der Waals surface area contributed by atoms with Gasteiger partial charge in [-0.1, -0.05) is 11.6 Å². The van der Waals surface area contributed by atoms with Gasteiger partial charge in [0.1, 0.15) is 18.0 Å². The third-order valence-corrected chi connectivity index (χ3v) is 6.87. The average Bonchev–Trinajstić information content (AvgIpc) is 3.38. The van der Waals surface area contributed by atoms with E-state index in [2.05, 4.69) is 32.1 Å². The van der Waals surface area contributed by atoms with Gasteiger partial charge in [-0.2, -0.15) is 0 Å². The van der Waals surface area contributed by atoms with E-state index in [0.717, 1.165) is 24.9 Å². The van der Waals surface area contributed by atoms with Crippen LogP contribution in [-0.4, -0.2) is 72.3 Å². The summed E-state index contributed by atoms with van der Waals surface area (Å²) in [5.74, 6) is 1.37. The van der Waals surface area contributed by atoms with Crippen LogP contribution in [0.2, 0.25) is 5.02 Å². The number of rotatable bonds is 8. The molecule has 9 heteroatoms. The second-order valence-electron chi connectivity index (χ2n) is 8.68. The van der Waals surface area contributed by atoms with Crippen molar-refractivity contribution < 1.29 is 13.9 Å². The van der Waals surface area contributed by atoms with E-state index in [4.69, 9.17) is 21.1 Å². The molecule has 2 aliphatic rings. The van der Waals surface area contributed by atoms with Crippen LogP contribution in [0.1, 0.15) is 12.8 Å². The number of hydrogen-bond donors (Lipinski definition) is 1. The molecule has 5 rings (SSSR count). The van der Waals surface area contributed by atoms with Crippen molar-refractivity contribution in [3.8, 4) is 11.5 Å². The summed E-state index contributed by atoms with van der Waals surface area (Å²) in [6, 6.07) is 9.56. The Morgan fingerprint density at radius 3 is 2.76 bits per heavy atom. The number of hydrogen-bond acceptors (Lipinski definition) is 7. The Labute approximate surface area is 197 Å². The Hall–Kier alpha value is -2.68. The smallest absolute Gasteiger partial charge is 0.162 e. The number of halogens is 2. The molecule has 2 bridgehead atoms. The molecule has 2 aliphatic heterocycles. The largest absolute Gasteiger partial charge is 0.493 e. The van der Waals surface area contributed by atoms with Crippen molar-refractivity contribution in [2.75, 3.05) is 45.7 Å². The van der Waals surface area contributed by atoms with Gasteiger partial charge in [-0.3, -0.25) is 4.90 Å². The summed E-state index contributed by atoms with van der Waals surface area (Å²) in [5.41, 5.74) is 1.34. The third kappa shape index (κ3) is 4.55. The zero-order chi connectivity index (χ0) is 22.9. The minimum atomic E-state index is -0.469. The second-order valence-corrected chi connectivity index (χ2v) is 9.08. The fourth-order valence-corrected chi connectivity index (χ4v) is 5.00. The van der Waals surface area contributed by atoms with Crippen molar-refractivity contribution >= 4 is 34.0 Å². The summed E-state index contributed by atoms with van der Waals surface area (Å²) in [6.07, 6.45) is 3.69. The molecule has 0 amide bonds. The van der Waals surface area contributed by atoms with Gasteiger partial charge < -0.3 is 19.7 Å². The molecule has 2 aromatic carbocycles. The van der Waals surface area contributed by atoms with Crippen molar-refractivity contribution in [3.05, 3.63) is 47.5 Å². The SMILES string of the molecule is COc1cc2ncnc(Nc3ccc(F)c(Cl)c3)c2cc1OCCCN1CC2CC1CN2C. The molecule has 0 radical (unpaired) electrons. The number of anilines is 2. The zero-order valence-electron chi connectivity index (χ0n) is 18.7. The van der Waals surface area contributed by atoms with Crippen LogP contribution in [0.3, 0.4) is 0 Å². The van der Waals surface area contributed by atoms with Crippen LogP contribution in [0.25, 0.3) is 10.9 Å². The predicted molar refractivity (Wildman–Crippen MR) is 127 cm³/mol. The molecular formula is C24H27ClFN5O2. The first-order chi connectivity index (χ1) is 16.0. The number of methoxy groups -OCH3 is 1. The molecule has 0 aliphatic carbocycles. The molecule has 3 heterocycles. The van der Waals surface area contributed by atoms with Crippen LogP contribution in [0.4, 0.5) is 15.9 Å². The van der Waals surface area contributed by atoms with Gasteiger partial charge in [-0.15, -0.1) is 0 Å². The van der Waals surface area contributed by atoms with Crippen molar-refractivity contribution in [1.82, 2.24) is 19.8 Å². The topological polar surface area (TPSA) is 62.8 Å². The number of benzene rings is 2. The van der Waals surface area contributed by atoms with Gasteiger partial charge in [-0.05, 0) is 44.2 Å². The van der Waals surface area contributed by atoms with Crippen LogP contribution >= 0.6 is 11.6 Å². The van der Waals surface area contributed by atoms with Crippen molar-refractivity contribution in [2.45, 2.75) is 24.9 Å². The van der Waals surface area contributed by atoms with Gasteiger partial charge in [0.05, 0.1) is 24.3 Å². The van der Waals surface area contributed by atoms with E-state index in [0.29, 0.717) is 47.2 Å². The number of fused-ring (bicyclic) bond motifs is 3. The lowest BCUT2D eigenvalue weighted by Gasteiger charge is -2.31. The lowest BCUT2D eigenvalue weighted by Crippen LogP contribution is -2.44. The average molecular weight is 472 g/mol. The van der Waals surface area contributed by atoms with E-state index in [1.54, 1.807) is 13.2 Å². The highest BCUT2D eigenvalue weighted by molar-refractivity contribution is 6.31. The molecule has 3 aromatic rings. The second kappa shape index (κ2) is 9.29. The highest BCUT2D eigenvalue weighted by Crippen LogP contribution is 2.35. The molecule has 174 valence electrons. The van der Waals surface area contributed by atoms with Crippen molar-refractivity contribution in [3.63, 3.8) is 0 Å². The fraction of sp³-hybridized carbons (Fsp3) is 0.417. The van der Waals surface area contributed by atoms with Crippen LogP contribution in [0, 0.1) is 5.82 Å². The first-order valence-corrected chi connectivity index (χ1v) is 11.5. The quantitative estimate of drug-likeness (QED) is 0.490. The van der Waals surface area contributed by atoms with Crippen LogP contribution in [0.15, 0.2) is 36.7 Å². The zero-order valence-corrected chi connectivity index (χ0v) is 19.5. The molecule has 33 heavy (non-hydrogen) atoms. The van der Waals surface area contributed by atoms with Crippen molar-refractivity contribution in [2.24, 2.45) is 0 Å². The van der Waals surface area contributed by atoms with E-state index in [1.165, 1.54) is 31.4 Å². The number of ether oxygens (including phenoxy) is 2. The number of piperazine rings is 1. The predicted octanol–water partition coefficient (Wildman–Crippen LogP) is 4.33. The summed E-state index contributed by atoms with van der Waals surface area (Å²) >= 11 is 5.92. The van der Waals surface area contributed by atoms with E-state index >= 15 is 0 Å². The highest BCUT2D eigenvalue weighted by Gasteiger charge is 2.40. The van der Waals surface area contributed by atoms with E-state index in [9.17, 15) is 4.39 Å². The van der Waals surface area contributed by atoms with Gasteiger partial charge in [0.15, 0.2) is 11.5 Å². The molecule has 2 saturated heterocycles. The standard InChI is InChI=1S/C24H27ClFN5O2/c1-30-12-17-9-16(30)13-31(17)6-3-7-33-23-10-18-21(11-22(23)32-2)27-14-28-24(18)29-15-4-5-20(26)19(25)8-15/h4-5,8,10-11,14,16-17H,3,6-7,9,12-13H2,1-2H3,(H,27,28,29). The minimum Gasteiger partial charge on any atom is -0.493 e. The molecule has 0 spiro atoms. The van der Waals surface area contributed by atoms with E-state index in [-0.39, 0.29) is 5.02 Å². The van der Waals surface area contributed by atoms with Gasteiger partial charge in [0.25, 0.3) is 0 Å². The molecule has 2 unspecified atom stereocenters. The molecule has 2 atom stereocenters. The van der Waals surface area contributed by atoms with Crippen LogP contribution < -0.4 is 14.8 Å². The fourth-order valence-electron chi connectivity index (χ4n) is 4.82. The monoisotopic (exact) mass is 471 g/mol. The van der Waals surface area contributed by atoms with Gasteiger partial charge in [0.2, 0.25) is 0 Å². The lowest BCUT2D eigenvalue weighted by atomic mass is 10.2. The number of aromatic nitrogens is 2.